The Bertz CT molecular complexity index is 185. The molecule has 12 heavy (non-hydrogen) atoms. The minimum atomic E-state index is -0.828. The van der Waals surface area contributed by atoms with E-state index in [2.05, 4.69) is 0 Å². The van der Waals surface area contributed by atoms with Gasteiger partial charge < -0.3 is 4.74 Å². The quantitative estimate of drug-likeness (QED) is 0.276. The van der Waals surface area contributed by atoms with Gasteiger partial charge in [0, 0.05) is 0 Å². The topological polar surface area (TPSA) is 93.4 Å². The summed E-state index contributed by atoms with van der Waals surface area (Å²) in [6.07, 6.45) is -0.828. The molecule has 0 aliphatic carbocycles. The SMILES string of the molecule is CC(C)(C)OC(=O)NC(=O)NN. The molecule has 0 aliphatic rings. The van der Waals surface area contributed by atoms with Gasteiger partial charge >= 0.3 is 12.1 Å². The highest BCUT2D eigenvalue weighted by molar-refractivity contribution is 5.90. The molecule has 6 nitrogen and oxygen atoms in total. The van der Waals surface area contributed by atoms with Crippen molar-refractivity contribution in [1.29, 1.82) is 0 Å². The first kappa shape index (κ1) is 10.7. The average Bonchev–Trinajstić information content (AvgIpc) is 1.82. The molecule has 0 saturated heterocycles. The van der Waals surface area contributed by atoms with Gasteiger partial charge in [0.05, 0.1) is 0 Å². The van der Waals surface area contributed by atoms with Crippen LogP contribution in [0.5, 0.6) is 0 Å². The first-order valence-electron chi connectivity index (χ1n) is 3.36. The van der Waals surface area contributed by atoms with E-state index in [-0.39, 0.29) is 0 Å². The highest BCUT2D eigenvalue weighted by Crippen LogP contribution is 2.05. The lowest BCUT2D eigenvalue weighted by molar-refractivity contribution is 0.0547. The van der Waals surface area contributed by atoms with Gasteiger partial charge in [-0.3, -0.25) is 5.43 Å². The summed E-state index contributed by atoms with van der Waals surface area (Å²) < 4.78 is 4.74. The summed E-state index contributed by atoms with van der Waals surface area (Å²) in [5.41, 5.74) is 1.10. The fourth-order valence-corrected chi connectivity index (χ4v) is 0.432. The van der Waals surface area contributed by atoms with Crippen LogP contribution in [0.3, 0.4) is 0 Å². The minimum Gasteiger partial charge on any atom is -0.443 e. The van der Waals surface area contributed by atoms with Gasteiger partial charge in [-0.2, -0.15) is 0 Å². The van der Waals surface area contributed by atoms with Crippen LogP contribution in [0, 0.1) is 0 Å². The second-order valence-corrected chi connectivity index (χ2v) is 3.10. The molecule has 0 aromatic rings. The van der Waals surface area contributed by atoms with Crippen LogP contribution in [0.25, 0.3) is 0 Å². The molecule has 0 aromatic heterocycles. The molecule has 0 bridgehead atoms. The number of nitrogens with two attached hydrogens (primary N) is 1. The van der Waals surface area contributed by atoms with E-state index in [9.17, 15) is 9.59 Å². The number of hydrazine groups is 1. The van der Waals surface area contributed by atoms with E-state index >= 15 is 0 Å². The zero-order chi connectivity index (χ0) is 9.78. The number of carbonyl (C=O) groups excluding carboxylic acids is 2. The van der Waals surface area contributed by atoms with Crippen molar-refractivity contribution in [2.24, 2.45) is 5.84 Å². The summed E-state index contributed by atoms with van der Waals surface area (Å²) in [7, 11) is 0. The van der Waals surface area contributed by atoms with E-state index < -0.39 is 17.7 Å². The average molecular weight is 175 g/mol. The van der Waals surface area contributed by atoms with Gasteiger partial charge in [0.1, 0.15) is 5.60 Å². The summed E-state index contributed by atoms with van der Waals surface area (Å²) in [4.78, 5) is 21.2. The summed E-state index contributed by atoms with van der Waals surface area (Å²) in [6, 6.07) is -0.802. The van der Waals surface area contributed by atoms with Gasteiger partial charge in [0.25, 0.3) is 0 Å². The number of rotatable bonds is 0. The predicted octanol–water partition coefficient (Wildman–Crippen LogP) is 0.0944. The maximum atomic E-state index is 10.8. The number of amides is 3. The molecule has 0 unspecified atom stereocenters. The van der Waals surface area contributed by atoms with E-state index in [1.54, 1.807) is 26.2 Å². The number of carbonyl (C=O) groups is 2. The van der Waals surface area contributed by atoms with Crippen molar-refractivity contribution >= 4 is 12.1 Å². The normalized spacial score (nSPS) is 10.3. The number of nitrogens with one attached hydrogen (secondary N) is 2. The van der Waals surface area contributed by atoms with Gasteiger partial charge in [-0.15, -0.1) is 0 Å². The number of ether oxygens (including phenoxy) is 1. The molecule has 3 amide bonds. The predicted molar refractivity (Wildman–Crippen MR) is 42.1 cm³/mol. The molecule has 70 valence electrons. The van der Waals surface area contributed by atoms with Crippen LogP contribution in [0.1, 0.15) is 20.8 Å². The van der Waals surface area contributed by atoms with E-state index in [0.717, 1.165) is 0 Å². The lowest BCUT2D eigenvalue weighted by Gasteiger charge is -2.18. The molecule has 0 spiro atoms. The van der Waals surface area contributed by atoms with E-state index in [1.807, 2.05) is 5.32 Å². The van der Waals surface area contributed by atoms with Crippen molar-refractivity contribution < 1.29 is 14.3 Å². The molecule has 0 fully saturated rings. The molecule has 4 N–H and O–H groups in total. The molecule has 6 heteroatoms. The summed E-state index contributed by atoms with van der Waals surface area (Å²) >= 11 is 0. The Hall–Kier alpha value is -1.30. The van der Waals surface area contributed by atoms with Crippen LogP contribution in [0.4, 0.5) is 9.59 Å². The van der Waals surface area contributed by atoms with Crippen LogP contribution in [-0.2, 0) is 4.74 Å². The zero-order valence-electron chi connectivity index (χ0n) is 7.30. The highest BCUT2D eigenvalue weighted by atomic mass is 16.6. The molecular weight excluding hydrogens is 162 g/mol. The monoisotopic (exact) mass is 175 g/mol. The number of urea groups is 1. The smallest absolute Gasteiger partial charge is 0.415 e. The van der Waals surface area contributed by atoms with Gasteiger partial charge in [-0.1, -0.05) is 0 Å². The van der Waals surface area contributed by atoms with E-state index in [0.29, 0.717) is 0 Å². The van der Waals surface area contributed by atoms with E-state index in [4.69, 9.17) is 10.6 Å². The zero-order valence-corrected chi connectivity index (χ0v) is 7.30. The molecule has 0 saturated carbocycles. The Morgan fingerprint density at radius 2 is 1.83 bits per heavy atom. The molecule has 0 rings (SSSR count). The Labute approximate surface area is 70.4 Å². The Balaban J connectivity index is 3.83. The van der Waals surface area contributed by atoms with Crippen LogP contribution >= 0.6 is 0 Å². The first-order valence-corrected chi connectivity index (χ1v) is 3.36. The lowest BCUT2D eigenvalue weighted by atomic mass is 10.2. The van der Waals surface area contributed by atoms with Crippen LogP contribution < -0.4 is 16.6 Å². The van der Waals surface area contributed by atoms with Crippen molar-refractivity contribution in [2.45, 2.75) is 26.4 Å². The van der Waals surface area contributed by atoms with Crippen molar-refractivity contribution in [3.63, 3.8) is 0 Å². The van der Waals surface area contributed by atoms with Gasteiger partial charge in [-0.05, 0) is 20.8 Å². The summed E-state index contributed by atoms with van der Waals surface area (Å²) in [5.74, 6) is 4.71. The molecule has 0 aliphatic heterocycles. The molecular formula is C6H13N3O3. The highest BCUT2D eigenvalue weighted by Gasteiger charge is 2.17. The fourth-order valence-electron chi connectivity index (χ4n) is 0.432. The Kier molecular flexibility index (Phi) is 3.49. The third-order valence-electron chi connectivity index (χ3n) is 0.746. The first-order chi connectivity index (χ1) is 5.35. The third kappa shape index (κ3) is 5.48. The third-order valence-corrected chi connectivity index (χ3v) is 0.746. The standard InChI is InChI=1S/C6H13N3O3/c1-6(2,3)12-5(11)8-4(10)9-7/h7H2,1-3H3,(H2,8,9,10,11). The van der Waals surface area contributed by atoms with Crippen molar-refractivity contribution in [3.05, 3.63) is 0 Å². The Morgan fingerprint density at radius 1 is 1.33 bits per heavy atom. The van der Waals surface area contributed by atoms with E-state index in [1.165, 1.54) is 0 Å². The second kappa shape index (κ2) is 3.91. The van der Waals surface area contributed by atoms with Crippen LogP contribution in [-0.4, -0.2) is 17.7 Å². The van der Waals surface area contributed by atoms with Crippen molar-refractivity contribution in [1.82, 2.24) is 10.7 Å². The van der Waals surface area contributed by atoms with Crippen molar-refractivity contribution in [3.8, 4) is 0 Å². The van der Waals surface area contributed by atoms with Gasteiger partial charge in [0.2, 0.25) is 0 Å². The number of imide groups is 1. The second-order valence-electron chi connectivity index (χ2n) is 3.10. The van der Waals surface area contributed by atoms with Crippen LogP contribution in [0.2, 0.25) is 0 Å². The number of hydrogen-bond acceptors (Lipinski definition) is 4. The van der Waals surface area contributed by atoms with Crippen LogP contribution in [0.15, 0.2) is 0 Å². The Morgan fingerprint density at radius 3 is 2.17 bits per heavy atom. The molecule has 0 heterocycles. The molecule has 0 radical (unpaired) electrons. The largest absolute Gasteiger partial charge is 0.443 e. The fraction of sp³-hybridized carbons (Fsp3) is 0.667. The van der Waals surface area contributed by atoms with Crippen molar-refractivity contribution in [2.75, 3.05) is 0 Å². The minimum absolute atomic E-state index is 0.626. The summed E-state index contributed by atoms with van der Waals surface area (Å²) in [5, 5.41) is 1.85. The summed E-state index contributed by atoms with van der Waals surface area (Å²) in [6.45, 7) is 5.06. The molecule has 0 atom stereocenters. The number of hydrogen-bond donors (Lipinski definition) is 3. The maximum absolute atomic E-state index is 10.8. The molecule has 0 aromatic carbocycles. The van der Waals surface area contributed by atoms with Gasteiger partial charge in [-0.25, -0.2) is 20.7 Å². The maximum Gasteiger partial charge on any atom is 0.415 e. The number of alkyl carbamates (subject to hydrolysis) is 1. The van der Waals surface area contributed by atoms with Gasteiger partial charge in [0.15, 0.2) is 0 Å². The lowest BCUT2D eigenvalue weighted by Crippen LogP contribution is -2.44.